The first-order valence-electron chi connectivity index (χ1n) is 8.58. The number of aliphatic carboxylic acids is 1. The van der Waals surface area contributed by atoms with Crippen molar-refractivity contribution in [2.45, 2.75) is 44.6 Å². The third kappa shape index (κ3) is 3.70. The van der Waals surface area contributed by atoms with Crippen LogP contribution in [0.15, 0.2) is 35.4 Å². The summed E-state index contributed by atoms with van der Waals surface area (Å²) in [6.07, 6.45) is 7.69. The molecule has 132 valence electrons. The zero-order valence-corrected chi connectivity index (χ0v) is 13.9. The van der Waals surface area contributed by atoms with Crippen LogP contribution < -0.4 is 10.9 Å². The molecule has 2 unspecified atom stereocenters. The number of amides is 1. The maximum Gasteiger partial charge on any atom is 0.308 e. The van der Waals surface area contributed by atoms with Gasteiger partial charge in [0.05, 0.1) is 5.92 Å². The molecular formula is C18H21N3O4. The predicted octanol–water partition coefficient (Wildman–Crippen LogP) is 1.85. The van der Waals surface area contributed by atoms with Crippen LogP contribution >= 0.6 is 0 Å². The van der Waals surface area contributed by atoms with Gasteiger partial charge in [-0.15, -0.1) is 0 Å². The minimum absolute atomic E-state index is 0.0742. The number of hydrogen-bond donors (Lipinski definition) is 2. The second kappa shape index (κ2) is 7.46. The van der Waals surface area contributed by atoms with Gasteiger partial charge in [-0.05, 0) is 25.0 Å². The highest BCUT2D eigenvalue weighted by Gasteiger charge is 2.30. The van der Waals surface area contributed by atoms with Gasteiger partial charge in [-0.3, -0.25) is 18.8 Å². The molecule has 0 radical (unpaired) electrons. The van der Waals surface area contributed by atoms with E-state index in [1.165, 1.54) is 10.6 Å². The van der Waals surface area contributed by atoms with E-state index in [0.717, 1.165) is 25.7 Å². The minimum Gasteiger partial charge on any atom is -0.481 e. The highest BCUT2D eigenvalue weighted by atomic mass is 16.4. The summed E-state index contributed by atoms with van der Waals surface area (Å²) < 4.78 is 1.31. The van der Waals surface area contributed by atoms with E-state index in [-0.39, 0.29) is 5.56 Å². The molecule has 1 amide bonds. The van der Waals surface area contributed by atoms with Crippen LogP contribution in [0.25, 0.3) is 5.65 Å². The molecule has 0 bridgehead atoms. The molecule has 2 atom stereocenters. The first-order chi connectivity index (χ1) is 12.1. The number of nitrogens with zero attached hydrogens (tertiary/aromatic N) is 2. The second-order valence-electron chi connectivity index (χ2n) is 6.42. The number of carbonyl (C=O) groups excluding carboxylic acids is 1. The summed E-state index contributed by atoms with van der Waals surface area (Å²) in [6, 6.07) is 4.65. The van der Waals surface area contributed by atoms with Gasteiger partial charge < -0.3 is 10.4 Å². The largest absolute Gasteiger partial charge is 0.481 e. The zero-order chi connectivity index (χ0) is 17.8. The fraction of sp³-hybridized carbons (Fsp3) is 0.444. The molecule has 2 N–H and O–H groups in total. The van der Waals surface area contributed by atoms with Gasteiger partial charge in [-0.25, -0.2) is 4.98 Å². The number of hydrogen-bond acceptors (Lipinski definition) is 4. The van der Waals surface area contributed by atoms with Crippen LogP contribution in [-0.4, -0.2) is 32.4 Å². The molecule has 25 heavy (non-hydrogen) atoms. The first kappa shape index (κ1) is 17.1. The van der Waals surface area contributed by atoms with Crippen LogP contribution in [0.4, 0.5) is 0 Å². The van der Waals surface area contributed by atoms with Gasteiger partial charge in [0.1, 0.15) is 11.2 Å². The number of aromatic nitrogens is 2. The second-order valence-corrected chi connectivity index (χ2v) is 6.42. The van der Waals surface area contributed by atoms with Gasteiger partial charge in [0, 0.05) is 18.4 Å². The van der Waals surface area contributed by atoms with Gasteiger partial charge in [0.2, 0.25) is 0 Å². The lowest BCUT2D eigenvalue weighted by atomic mass is 9.86. The Bertz CT molecular complexity index is 846. The van der Waals surface area contributed by atoms with Crippen LogP contribution in [0.1, 0.15) is 48.9 Å². The molecule has 2 aromatic rings. The van der Waals surface area contributed by atoms with Crippen molar-refractivity contribution < 1.29 is 14.7 Å². The Hall–Kier alpha value is -2.70. The minimum atomic E-state index is -0.902. The lowest BCUT2D eigenvalue weighted by Crippen LogP contribution is -2.45. The summed E-state index contributed by atoms with van der Waals surface area (Å²) in [5.41, 5.74) is -0.0749. The lowest BCUT2D eigenvalue weighted by molar-refractivity contribution is -0.143. The molecule has 1 fully saturated rings. The van der Waals surface area contributed by atoms with E-state index in [4.69, 9.17) is 0 Å². The van der Waals surface area contributed by atoms with Gasteiger partial charge in [-0.1, -0.05) is 31.7 Å². The van der Waals surface area contributed by atoms with Crippen LogP contribution in [0.3, 0.4) is 0 Å². The number of carboxylic acid groups (broad SMARTS) is 1. The first-order valence-corrected chi connectivity index (χ1v) is 8.58. The standard InChI is InChI=1S/C18H21N3O4/c22-16(13-11-19-15-9-5-6-10-21(15)17(13)23)20-14-8-4-2-1-3-7-12(14)18(24)25/h5-6,9-12,14H,1-4,7-8H2,(H,20,22)(H,24,25). The van der Waals surface area contributed by atoms with Crippen LogP contribution in [0.2, 0.25) is 0 Å². The molecule has 0 aliphatic heterocycles. The third-order valence-electron chi connectivity index (χ3n) is 4.76. The van der Waals surface area contributed by atoms with Crippen molar-refractivity contribution in [3.63, 3.8) is 0 Å². The molecule has 2 heterocycles. The molecule has 0 aromatic carbocycles. The molecule has 7 heteroatoms. The van der Waals surface area contributed by atoms with Gasteiger partial charge in [0.25, 0.3) is 11.5 Å². The van der Waals surface area contributed by atoms with Crippen LogP contribution in [0, 0.1) is 5.92 Å². The molecule has 1 saturated carbocycles. The molecule has 7 nitrogen and oxygen atoms in total. The average molecular weight is 343 g/mol. The summed E-state index contributed by atoms with van der Waals surface area (Å²) >= 11 is 0. The van der Waals surface area contributed by atoms with E-state index in [0.29, 0.717) is 18.5 Å². The highest BCUT2D eigenvalue weighted by molar-refractivity contribution is 5.94. The maximum absolute atomic E-state index is 12.6. The quantitative estimate of drug-likeness (QED) is 0.886. The van der Waals surface area contributed by atoms with Crippen molar-refractivity contribution in [1.29, 1.82) is 0 Å². The summed E-state index contributed by atoms with van der Waals surface area (Å²) in [5.74, 6) is -2.09. The zero-order valence-electron chi connectivity index (χ0n) is 13.9. The van der Waals surface area contributed by atoms with Crippen molar-refractivity contribution in [3.8, 4) is 0 Å². The molecule has 3 rings (SSSR count). The molecule has 0 spiro atoms. The van der Waals surface area contributed by atoms with Crippen LogP contribution in [0.5, 0.6) is 0 Å². The summed E-state index contributed by atoms with van der Waals surface area (Å²) in [5, 5.41) is 12.2. The smallest absolute Gasteiger partial charge is 0.308 e. The lowest BCUT2D eigenvalue weighted by Gasteiger charge is -2.27. The molecule has 1 aliphatic carbocycles. The van der Waals surface area contributed by atoms with E-state index in [1.54, 1.807) is 24.4 Å². The number of rotatable bonds is 3. The third-order valence-corrected chi connectivity index (χ3v) is 4.76. The Morgan fingerprint density at radius 1 is 1.16 bits per heavy atom. The average Bonchev–Trinajstić information content (AvgIpc) is 2.57. The fourth-order valence-corrected chi connectivity index (χ4v) is 3.38. The normalized spacial score (nSPS) is 21.3. The van der Waals surface area contributed by atoms with E-state index in [1.807, 2.05) is 0 Å². The van der Waals surface area contributed by atoms with E-state index < -0.39 is 29.4 Å². The monoisotopic (exact) mass is 343 g/mol. The van der Waals surface area contributed by atoms with E-state index in [9.17, 15) is 19.5 Å². The Labute approximate surface area is 144 Å². The number of carbonyl (C=O) groups is 2. The van der Waals surface area contributed by atoms with Crippen molar-refractivity contribution in [2.75, 3.05) is 0 Å². The Balaban J connectivity index is 1.86. The van der Waals surface area contributed by atoms with Crippen molar-refractivity contribution >= 4 is 17.5 Å². The number of nitrogens with one attached hydrogen (secondary N) is 1. The molecule has 1 aliphatic rings. The number of carboxylic acids is 1. The van der Waals surface area contributed by atoms with Gasteiger partial charge in [-0.2, -0.15) is 0 Å². The summed E-state index contributed by atoms with van der Waals surface area (Å²) in [6.45, 7) is 0. The van der Waals surface area contributed by atoms with E-state index in [2.05, 4.69) is 10.3 Å². The molecule has 0 saturated heterocycles. The molecular weight excluding hydrogens is 322 g/mol. The Morgan fingerprint density at radius 3 is 2.68 bits per heavy atom. The Kier molecular flexibility index (Phi) is 5.11. The van der Waals surface area contributed by atoms with Gasteiger partial charge in [0.15, 0.2) is 0 Å². The summed E-state index contributed by atoms with van der Waals surface area (Å²) in [4.78, 5) is 40.8. The predicted molar refractivity (Wildman–Crippen MR) is 91.5 cm³/mol. The highest BCUT2D eigenvalue weighted by Crippen LogP contribution is 2.23. The van der Waals surface area contributed by atoms with E-state index >= 15 is 0 Å². The SMILES string of the molecule is O=C(NC1CCCCCCC1C(=O)O)c1cnc2ccccn2c1=O. The topological polar surface area (TPSA) is 101 Å². The van der Waals surface area contributed by atoms with Crippen molar-refractivity contribution in [2.24, 2.45) is 5.92 Å². The maximum atomic E-state index is 12.6. The fourth-order valence-electron chi connectivity index (χ4n) is 3.38. The van der Waals surface area contributed by atoms with Crippen LogP contribution in [-0.2, 0) is 4.79 Å². The van der Waals surface area contributed by atoms with Gasteiger partial charge >= 0.3 is 5.97 Å². The number of pyridine rings is 1. The molecule has 2 aromatic heterocycles. The van der Waals surface area contributed by atoms with Crippen molar-refractivity contribution in [3.05, 3.63) is 46.5 Å². The summed E-state index contributed by atoms with van der Waals surface area (Å²) in [7, 11) is 0. The Morgan fingerprint density at radius 2 is 1.92 bits per heavy atom. The van der Waals surface area contributed by atoms with Crippen molar-refractivity contribution in [1.82, 2.24) is 14.7 Å². The number of fused-ring (bicyclic) bond motifs is 1.